The van der Waals surface area contributed by atoms with Crippen molar-refractivity contribution in [1.82, 2.24) is 9.13 Å². The Morgan fingerprint density at radius 1 is 0.403 bits per heavy atom. The Balaban J connectivity index is 1.37. The lowest BCUT2D eigenvalue weighted by atomic mass is 9.94. The van der Waals surface area contributed by atoms with Gasteiger partial charge in [-0.25, -0.2) is 0 Å². The summed E-state index contributed by atoms with van der Waals surface area (Å²) < 4.78 is 47.5. The van der Waals surface area contributed by atoms with Crippen molar-refractivity contribution in [2.45, 2.75) is 6.18 Å². The summed E-state index contributed by atoms with van der Waals surface area (Å²) in [4.78, 5) is 0. The van der Waals surface area contributed by atoms with Crippen LogP contribution in [-0.2, 0) is 6.18 Å². The number of benzene rings is 8. The Kier molecular flexibility index (Phi) is 8.70. The van der Waals surface area contributed by atoms with Crippen LogP contribution in [0.5, 0.6) is 0 Å². The van der Waals surface area contributed by atoms with Gasteiger partial charge in [0.1, 0.15) is 11.6 Å². The summed E-state index contributed by atoms with van der Waals surface area (Å²) in [6.07, 6.45) is -4.76. The van der Waals surface area contributed by atoms with E-state index in [1.165, 1.54) is 6.07 Å². The molecule has 0 atom stereocenters. The average Bonchev–Trinajstić information content (AvgIpc) is 3.82. The fourth-order valence-electron chi connectivity index (χ4n) is 8.79. The average molecular weight is 805 g/mol. The van der Waals surface area contributed by atoms with Crippen molar-refractivity contribution in [3.63, 3.8) is 0 Å². The van der Waals surface area contributed by atoms with Crippen molar-refractivity contribution in [2.24, 2.45) is 0 Å². The molecule has 2 aromatic heterocycles. The molecule has 0 aliphatic heterocycles. The maximum atomic E-state index is 14.5. The molecule has 9 heteroatoms. The van der Waals surface area contributed by atoms with Crippen molar-refractivity contribution >= 4 is 43.6 Å². The molecule has 8 aromatic carbocycles. The van der Waals surface area contributed by atoms with Crippen molar-refractivity contribution in [3.8, 4) is 69.0 Å². The molecular formula is C53H27F3N6. The van der Waals surface area contributed by atoms with Gasteiger partial charge in [-0.1, -0.05) is 103 Å². The summed E-state index contributed by atoms with van der Waals surface area (Å²) in [6, 6.07) is 57.5. The zero-order valence-corrected chi connectivity index (χ0v) is 32.4. The summed E-state index contributed by atoms with van der Waals surface area (Å²) in [5.74, 6) is 0. The second kappa shape index (κ2) is 14.4. The van der Waals surface area contributed by atoms with E-state index in [1.54, 1.807) is 30.3 Å². The van der Waals surface area contributed by atoms with Gasteiger partial charge in [0.15, 0.2) is 0 Å². The molecule has 10 aromatic rings. The highest BCUT2D eigenvalue weighted by Gasteiger charge is 2.32. The number of fused-ring (bicyclic) bond motifs is 6. The number of nitriles is 4. The highest BCUT2D eigenvalue weighted by Crippen LogP contribution is 2.44. The standard InChI is InChI=1S/C53H27F3N6/c54-53(55,56)38-24-32(28-57)23-37(25-38)41-21-22-49(61-47-15-7-5-13-42(47)44-19-17-33(26-50(44)61)39-11-3-1-9-35(39)29-58)46(31-60)52(41)62-48-16-8-6-14-43(48)45-20-18-34(27-51(45)62)40-12-4-2-10-36(40)30-59/h1-27H. The Hall–Kier alpha value is -8.89. The van der Waals surface area contributed by atoms with E-state index in [0.717, 1.165) is 61.4 Å². The number of aromatic nitrogens is 2. The van der Waals surface area contributed by atoms with E-state index in [-0.39, 0.29) is 16.7 Å². The smallest absolute Gasteiger partial charge is 0.308 e. The van der Waals surface area contributed by atoms with E-state index in [1.807, 2.05) is 130 Å². The first-order valence-corrected chi connectivity index (χ1v) is 19.5. The topological polar surface area (TPSA) is 105 Å². The number of rotatable bonds is 5. The van der Waals surface area contributed by atoms with Crippen molar-refractivity contribution < 1.29 is 13.2 Å². The third kappa shape index (κ3) is 5.85. The van der Waals surface area contributed by atoms with Crippen LogP contribution in [0.2, 0.25) is 0 Å². The molecule has 0 spiro atoms. The summed E-state index contributed by atoms with van der Waals surface area (Å²) in [5, 5.41) is 45.1. The molecule has 0 bridgehead atoms. The fraction of sp³-hybridized carbons (Fsp3) is 0.0189. The van der Waals surface area contributed by atoms with Gasteiger partial charge in [0.2, 0.25) is 0 Å². The van der Waals surface area contributed by atoms with E-state index >= 15 is 0 Å². The molecule has 6 nitrogen and oxygen atoms in total. The molecule has 0 saturated carbocycles. The second-order valence-electron chi connectivity index (χ2n) is 14.9. The van der Waals surface area contributed by atoms with Crippen LogP contribution in [0.4, 0.5) is 13.2 Å². The lowest BCUT2D eigenvalue weighted by molar-refractivity contribution is -0.137. The normalized spacial score (nSPS) is 11.4. The third-order valence-electron chi connectivity index (χ3n) is 11.5. The van der Waals surface area contributed by atoms with Gasteiger partial charge in [0.05, 0.1) is 73.9 Å². The number of para-hydroxylation sites is 2. The van der Waals surface area contributed by atoms with Crippen molar-refractivity contribution in [3.05, 3.63) is 192 Å². The Morgan fingerprint density at radius 2 is 0.919 bits per heavy atom. The first-order chi connectivity index (χ1) is 30.2. The van der Waals surface area contributed by atoms with E-state index < -0.39 is 11.7 Å². The lowest BCUT2D eigenvalue weighted by Crippen LogP contribution is -2.08. The van der Waals surface area contributed by atoms with Gasteiger partial charge >= 0.3 is 6.18 Å². The van der Waals surface area contributed by atoms with Crippen LogP contribution in [0.3, 0.4) is 0 Å². The summed E-state index contributed by atoms with van der Waals surface area (Å²) in [5.41, 5.74) is 6.93. The molecule has 0 saturated heterocycles. The van der Waals surface area contributed by atoms with Gasteiger partial charge < -0.3 is 9.13 Å². The Morgan fingerprint density at radius 3 is 1.47 bits per heavy atom. The minimum atomic E-state index is -4.76. The van der Waals surface area contributed by atoms with Gasteiger partial charge in [0.25, 0.3) is 0 Å². The monoisotopic (exact) mass is 804 g/mol. The maximum Gasteiger partial charge on any atom is 0.416 e. The molecule has 0 aliphatic carbocycles. The molecule has 0 N–H and O–H groups in total. The molecule has 62 heavy (non-hydrogen) atoms. The van der Waals surface area contributed by atoms with E-state index in [9.17, 15) is 34.2 Å². The highest BCUT2D eigenvalue weighted by atomic mass is 19.4. The number of nitrogens with zero attached hydrogens (tertiary/aromatic N) is 6. The SMILES string of the molecule is N#Cc1cc(-c2ccc(-n3c4ccccc4c4ccc(-c5ccccc5C#N)cc43)c(C#N)c2-n2c3ccccc3c3ccc(-c4ccccc4C#N)cc32)cc(C(F)(F)F)c1. The summed E-state index contributed by atoms with van der Waals surface area (Å²) in [6.45, 7) is 0. The van der Waals surface area contributed by atoms with Gasteiger partial charge in [-0.05, 0) is 88.5 Å². The van der Waals surface area contributed by atoms with Crippen LogP contribution in [0, 0.1) is 45.3 Å². The first-order valence-electron chi connectivity index (χ1n) is 19.5. The molecule has 0 radical (unpaired) electrons. The molecule has 0 aliphatic rings. The predicted octanol–water partition coefficient (Wildman–Crippen LogP) is 13.4. The number of hydrogen-bond acceptors (Lipinski definition) is 4. The van der Waals surface area contributed by atoms with E-state index in [4.69, 9.17) is 0 Å². The molecule has 0 unspecified atom stereocenters. The largest absolute Gasteiger partial charge is 0.416 e. The van der Waals surface area contributed by atoms with Crippen LogP contribution in [0.1, 0.15) is 27.8 Å². The lowest BCUT2D eigenvalue weighted by Gasteiger charge is -2.21. The van der Waals surface area contributed by atoms with Crippen LogP contribution in [0.15, 0.2) is 164 Å². The third-order valence-corrected chi connectivity index (χ3v) is 11.5. The first kappa shape index (κ1) is 37.4. The number of hydrogen-bond donors (Lipinski definition) is 0. The summed E-state index contributed by atoms with van der Waals surface area (Å²) >= 11 is 0. The summed E-state index contributed by atoms with van der Waals surface area (Å²) in [7, 11) is 0. The minimum Gasteiger partial charge on any atom is -0.308 e. The van der Waals surface area contributed by atoms with Gasteiger partial charge in [-0.2, -0.15) is 34.2 Å². The second-order valence-corrected chi connectivity index (χ2v) is 14.9. The molecule has 0 fully saturated rings. The minimum absolute atomic E-state index is 0.101. The zero-order valence-electron chi connectivity index (χ0n) is 32.4. The molecular weight excluding hydrogens is 778 g/mol. The van der Waals surface area contributed by atoms with Crippen LogP contribution in [0.25, 0.3) is 88.4 Å². The zero-order chi connectivity index (χ0) is 42.7. The quantitative estimate of drug-likeness (QED) is 0.173. The van der Waals surface area contributed by atoms with E-state index in [0.29, 0.717) is 44.7 Å². The van der Waals surface area contributed by atoms with Crippen molar-refractivity contribution in [2.75, 3.05) is 0 Å². The maximum absolute atomic E-state index is 14.5. The van der Waals surface area contributed by atoms with Gasteiger partial charge in [-0.15, -0.1) is 0 Å². The number of halogens is 3. The Bertz CT molecular complexity index is 3690. The molecule has 0 amide bonds. The predicted molar refractivity (Wildman–Crippen MR) is 235 cm³/mol. The molecule has 2 heterocycles. The van der Waals surface area contributed by atoms with Crippen LogP contribution >= 0.6 is 0 Å². The van der Waals surface area contributed by atoms with Crippen molar-refractivity contribution in [1.29, 1.82) is 21.0 Å². The number of alkyl halides is 3. The molecule has 10 rings (SSSR count). The van der Waals surface area contributed by atoms with Crippen LogP contribution in [-0.4, -0.2) is 9.13 Å². The fourth-order valence-corrected chi connectivity index (χ4v) is 8.79. The molecule has 290 valence electrons. The Labute approximate surface area is 352 Å². The van der Waals surface area contributed by atoms with E-state index in [2.05, 4.69) is 18.2 Å². The van der Waals surface area contributed by atoms with Gasteiger partial charge in [-0.3, -0.25) is 0 Å². The van der Waals surface area contributed by atoms with Crippen LogP contribution < -0.4 is 0 Å². The highest BCUT2D eigenvalue weighted by molar-refractivity contribution is 6.13. The van der Waals surface area contributed by atoms with Gasteiger partial charge in [0, 0.05) is 27.1 Å².